The second kappa shape index (κ2) is 13.6. The first-order valence-electron chi connectivity index (χ1n) is 14.4. The lowest BCUT2D eigenvalue weighted by molar-refractivity contribution is 0.288. The fourth-order valence-corrected chi connectivity index (χ4v) is 5.25. The normalized spacial score (nSPS) is 11.5. The first-order valence-corrected chi connectivity index (χ1v) is 14.4. The summed E-state index contributed by atoms with van der Waals surface area (Å²) in [6.07, 6.45) is 4.37. The van der Waals surface area contributed by atoms with Crippen LogP contribution < -0.4 is 16.0 Å². The van der Waals surface area contributed by atoms with Gasteiger partial charge in [0.15, 0.2) is 0 Å². The van der Waals surface area contributed by atoms with Gasteiger partial charge < -0.3 is 35.3 Å². The second-order valence-corrected chi connectivity index (χ2v) is 10.6. The van der Waals surface area contributed by atoms with Crippen molar-refractivity contribution in [3.05, 3.63) is 83.2 Å². The highest BCUT2D eigenvalue weighted by molar-refractivity contribution is 5.82. The molecule has 0 saturated carbocycles. The molecule has 0 aliphatic heterocycles. The number of hydrogen-bond donors (Lipinski definition) is 5. The summed E-state index contributed by atoms with van der Waals surface area (Å²) in [7, 11) is 2.02. The summed E-state index contributed by atoms with van der Waals surface area (Å²) in [4.78, 5) is 9.65. The van der Waals surface area contributed by atoms with E-state index in [2.05, 4.69) is 87.0 Å². The Morgan fingerprint density at radius 2 is 1.76 bits per heavy atom. The van der Waals surface area contributed by atoms with Gasteiger partial charge in [0.1, 0.15) is 0 Å². The summed E-state index contributed by atoms with van der Waals surface area (Å²) in [5.41, 5.74) is 9.99. The SMILES string of the molecule is Cc1ccc(CCCO)c(NCc2ccc3nc(NCCCNCCO)n(Cc4cccc5c4ncn5C)c3c2)c1. The van der Waals surface area contributed by atoms with E-state index in [0.29, 0.717) is 19.6 Å². The Morgan fingerprint density at radius 1 is 0.854 bits per heavy atom. The van der Waals surface area contributed by atoms with Crippen molar-refractivity contribution in [3.8, 4) is 0 Å². The third kappa shape index (κ3) is 6.87. The molecule has 0 amide bonds. The zero-order valence-electron chi connectivity index (χ0n) is 24.0. The minimum absolute atomic E-state index is 0.146. The molecule has 0 atom stereocenters. The van der Waals surface area contributed by atoms with Gasteiger partial charge in [-0.1, -0.05) is 30.3 Å². The Kier molecular flexibility index (Phi) is 9.51. The van der Waals surface area contributed by atoms with Crippen molar-refractivity contribution in [1.29, 1.82) is 0 Å². The van der Waals surface area contributed by atoms with Crippen LogP contribution in [-0.4, -0.2) is 62.2 Å². The Labute approximate surface area is 241 Å². The van der Waals surface area contributed by atoms with E-state index in [1.54, 1.807) is 0 Å². The molecule has 2 heterocycles. The van der Waals surface area contributed by atoms with Crippen LogP contribution in [0, 0.1) is 6.92 Å². The summed E-state index contributed by atoms with van der Waals surface area (Å²) in [6, 6.07) is 19.2. The molecule has 0 spiro atoms. The molecule has 5 rings (SSSR count). The minimum atomic E-state index is 0.146. The largest absolute Gasteiger partial charge is 0.396 e. The van der Waals surface area contributed by atoms with Crippen LogP contribution >= 0.6 is 0 Å². The average molecular weight is 556 g/mol. The fourth-order valence-electron chi connectivity index (χ4n) is 5.25. The molecule has 0 aliphatic rings. The molecule has 216 valence electrons. The van der Waals surface area contributed by atoms with Crippen LogP contribution in [0.15, 0.2) is 60.9 Å². The molecule has 5 N–H and O–H groups in total. The Hall–Kier alpha value is -3.92. The van der Waals surface area contributed by atoms with Crippen molar-refractivity contribution in [3.63, 3.8) is 0 Å². The monoisotopic (exact) mass is 555 g/mol. The van der Waals surface area contributed by atoms with Gasteiger partial charge in [-0.2, -0.15) is 0 Å². The van der Waals surface area contributed by atoms with Gasteiger partial charge in [-0.15, -0.1) is 0 Å². The highest BCUT2D eigenvalue weighted by Crippen LogP contribution is 2.26. The van der Waals surface area contributed by atoms with Crippen molar-refractivity contribution in [2.45, 2.75) is 39.3 Å². The van der Waals surface area contributed by atoms with Crippen LogP contribution in [0.2, 0.25) is 0 Å². The molecule has 2 aromatic heterocycles. The van der Waals surface area contributed by atoms with Crippen molar-refractivity contribution < 1.29 is 10.2 Å². The predicted molar refractivity (Wildman–Crippen MR) is 167 cm³/mol. The lowest BCUT2D eigenvalue weighted by atomic mass is 10.0. The molecule has 9 heteroatoms. The van der Waals surface area contributed by atoms with Crippen LogP contribution in [0.4, 0.5) is 11.6 Å². The Balaban J connectivity index is 1.42. The first-order chi connectivity index (χ1) is 20.1. The third-order valence-electron chi connectivity index (χ3n) is 7.43. The van der Waals surface area contributed by atoms with E-state index in [-0.39, 0.29) is 13.2 Å². The zero-order chi connectivity index (χ0) is 28.6. The number of nitrogens with one attached hydrogen (secondary N) is 3. The summed E-state index contributed by atoms with van der Waals surface area (Å²) in [6.45, 7) is 5.98. The van der Waals surface area contributed by atoms with Crippen molar-refractivity contribution >= 4 is 33.7 Å². The third-order valence-corrected chi connectivity index (χ3v) is 7.43. The Morgan fingerprint density at radius 3 is 2.61 bits per heavy atom. The Bertz CT molecular complexity index is 1590. The molecule has 5 aromatic rings. The molecule has 0 saturated heterocycles. The zero-order valence-corrected chi connectivity index (χ0v) is 24.0. The maximum absolute atomic E-state index is 9.33. The number of hydrogen-bond acceptors (Lipinski definition) is 7. The lowest BCUT2D eigenvalue weighted by Crippen LogP contribution is -2.21. The van der Waals surface area contributed by atoms with Gasteiger partial charge in [-0.25, -0.2) is 9.97 Å². The van der Waals surface area contributed by atoms with Gasteiger partial charge in [0.2, 0.25) is 5.95 Å². The number of benzene rings is 3. The van der Waals surface area contributed by atoms with Crippen LogP contribution in [0.25, 0.3) is 22.1 Å². The van der Waals surface area contributed by atoms with Crippen molar-refractivity contribution in [2.24, 2.45) is 7.05 Å². The number of para-hydroxylation sites is 1. The summed E-state index contributed by atoms with van der Waals surface area (Å²) < 4.78 is 4.30. The van der Waals surface area contributed by atoms with Crippen molar-refractivity contribution in [2.75, 3.05) is 43.5 Å². The molecule has 0 unspecified atom stereocenters. The topological polar surface area (TPSA) is 112 Å². The second-order valence-electron chi connectivity index (χ2n) is 10.6. The van der Waals surface area contributed by atoms with Gasteiger partial charge in [-0.3, -0.25) is 0 Å². The van der Waals surface area contributed by atoms with Gasteiger partial charge >= 0.3 is 0 Å². The molecular weight excluding hydrogens is 514 g/mol. The van der Waals surface area contributed by atoms with Crippen LogP contribution in [0.3, 0.4) is 0 Å². The molecule has 41 heavy (non-hydrogen) atoms. The van der Waals surface area contributed by atoms with E-state index in [9.17, 15) is 5.11 Å². The number of aliphatic hydroxyl groups excluding tert-OH is 2. The maximum atomic E-state index is 9.33. The number of fused-ring (bicyclic) bond motifs is 2. The number of aliphatic hydroxyl groups is 2. The molecule has 0 bridgehead atoms. The number of aryl methyl sites for hydroxylation is 3. The van der Waals surface area contributed by atoms with E-state index >= 15 is 0 Å². The van der Waals surface area contributed by atoms with Crippen molar-refractivity contribution in [1.82, 2.24) is 24.4 Å². The number of aromatic nitrogens is 4. The van der Waals surface area contributed by atoms with E-state index in [1.807, 2.05) is 17.9 Å². The van der Waals surface area contributed by atoms with Gasteiger partial charge in [0, 0.05) is 39.0 Å². The molecular formula is C32H41N7O2. The molecule has 9 nitrogen and oxygen atoms in total. The van der Waals surface area contributed by atoms with Gasteiger partial charge in [0.25, 0.3) is 0 Å². The van der Waals surface area contributed by atoms with E-state index in [1.165, 1.54) is 16.7 Å². The van der Waals surface area contributed by atoms with Gasteiger partial charge in [0.05, 0.1) is 41.5 Å². The average Bonchev–Trinajstić information content (AvgIpc) is 3.53. The number of nitrogens with zero attached hydrogens (tertiary/aromatic N) is 4. The summed E-state index contributed by atoms with van der Waals surface area (Å²) in [5, 5.41) is 28.8. The lowest BCUT2D eigenvalue weighted by Gasteiger charge is -2.14. The highest BCUT2D eigenvalue weighted by atomic mass is 16.3. The predicted octanol–water partition coefficient (Wildman–Crippen LogP) is 4.20. The van der Waals surface area contributed by atoms with Crippen LogP contribution in [0.1, 0.15) is 35.1 Å². The summed E-state index contributed by atoms with van der Waals surface area (Å²) >= 11 is 0. The molecule has 0 aliphatic carbocycles. The van der Waals surface area contributed by atoms with Crippen LogP contribution in [-0.2, 0) is 26.6 Å². The van der Waals surface area contributed by atoms with Crippen LogP contribution in [0.5, 0.6) is 0 Å². The number of anilines is 2. The minimum Gasteiger partial charge on any atom is -0.396 e. The number of imidazole rings is 2. The standard InChI is InChI=1S/C32H41N7O2/c1-23-9-11-25(7-4-16-40)28(18-23)35-20-24-10-12-27-30(19-24)39(32(37-27)34-14-5-13-33-15-17-41)21-26-6-3-8-29-31(26)36-22-38(29)2/h3,6,8-12,18-19,22,33,35,40-41H,4-5,7,13-17,20-21H2,1-2H3,(H,34,37). The number of rotatable bonds is 15. The highest BCUT2D eigenvalue weighted by Gasteiger charge is 2.15. The van der Waals surface area contributed by atoms with E-state index < -0.39 is 0 Å². The molecule has 3 aromatic carbocycles. The molecule has 0 fully saturated rings. The quantitative estimate of drug-likeness (QED) is 0.123. The fraction of sp³-hybridized carbons (Fsp3) is 0.375. The first kappa shape index (κ1) is 28.6. The summed E-state index contributed by atoms with van der Waals surface area (Å²) in [5.74, 6) is 0.838. The van der Waals surface area contributed by atoms with E-state index in [0.717, 1.165) is 71.6 Å². The van der Waals surface area contributed by atoms with E-state index in [4.69, 9.17) is 10.1 Å². The maximum Gasteiger partial charge on any atom is 0.204 e. The molecule has 0 radical (unpaired) electrons. The smallest absolute Gasteiger partial charge is 0.204 e. The van der Waals surface area contributed by atoms with Gasteiger partial charge in [-0.05, 0) is 79.3 Å².